The predicted octanol–water partition coefficient (Wildman–Crippen LogP) is 4.04. The van der Waals surface area contributed by atoms with Crippen LogP contribution in [0.2, 0.25) is 0 Å². The first-order chi connectivity index (χ1) is 10.3. The zero-order valence-electron chi connectivity index (χ0n) is 13.5. The topological polar surface area (TPSA) is 21.3 Å². The molecule has 2 aliphatic rings. The molecule has 1 heterocycles. The molecule has 116 valence electrons. The Hall–Kier alpha value is -1.02. The lowest BCUT2D eigenvalue weighted by molar-refractivity contribution is 0.123. The quantitative estimate of drug-likeness (QED) is 0.902. The maximum absolute atomic E-state index is 6.02. The van der Waals surface area contributed by atoms with E-state index in [9.17, 15) is 0 Å². The van der Waals surface area contributed by atoms with Crippen molar-refractivity contribution >= 4 is 0 Å². The normalized spacial score (nSPS) is 30.3. The van der Waals surface area contributed by atoms with Gasteiger partial charge in [0.15, 0.2) is 0 Å². The van der Waals surface area contributed by atoms with Crippen LogP contribution in [0.25, 0.3) is 0 Å². The molecule has 1 saturated carbocycles. The van der Waals surface area contributed by atoms with Crippen molar-refractivity contribution in [3.63, 3.8) is 0 Å². The van der Waals surface area contributed by atoms with E-state index in [0.717, 1.165) is 30.6 Å². The van der Waals surface area contributed by atoms with Gasteiger partial charge in [0, 0.05) is 12.0 Å². The van der Waals surface area contributed by atoms with Gasteiger partial charge in [-0.1, -0.05) is 44.4 Å². The van der Waals surface area contributed by atoms with E-state index in [-0.39, 0.29) is 0 Å². The number of nitrogens with one attached hydrogen (secondary N) is 1. The van der Waals surface area contributed by atoms with Crippen molar-refractivity contribution in [3.8, 4) is 5.75 Å². The lowest BCUT2D eigenvalue weighted by Gasteiger charge is -2.40. The van der Waals surface area contributed by atoms with E-state index >= 15 is 0 Å². The number of para-hydroxylation sites is 1. The smallest absolute Gasteiger partial charge is 0.122 e. The number of rotatable bonds is 4. The lowest BCUT2D eigenvalue weighted by Crippen LogP contribution is -2.46. The first-order valence-corrected chi connectivity index (χ1v) is 8.69. The van der Waals surface area contributed by atoms with Crippen molar-refractivity contribution in [2.45, 2.75) is 51.5 Å². The largest absolute Gasteiger partial charge is 0.493 e. The highest BCUT2D eigenvalue weighted by molar-refractivity contribution is 5.35. The van der Waals surface area contributed by atoms with Crippen molar-refractivity contribution in [1.82, 2.24) is 5.32 Å². The van der Waals surface area contributed by atoms with Gasteiger partial charge in [-0.05, 0) is 49.8 Å². The van der Waals surface area contributed by atoms with Gasteiger partial charge in [-0.15, -0.1) is 0 Å². The summed E-state index contributed by atoms with van der Waals surface area (Å²) in [7, 11) is 2.14. The monoisotopic (exact) mass is 287 g/mol. The Labute approximate surface area is 129 Å². The van der Waals surface area contributed by atoms with E-state index in [1.807, 2.05) is 0 Å². The van der Waals surface area contributed by atoms with Gasteiger partial charge in [-0.2, -0.15) is 0 Å². The molecule has 4 atom stereocenters. The van der Waals surface area contributed by atoms with Crippen molar-refractivity contribution in [2.24, 2.45) is 17.8 Å². The van der Waals surface area contributed by atoms with Gasteiger partial charge < -0.3 is 10.1 Å². The predicted molar refractivity (Wildman–Crippen MR) is 87.7 cm³/mol. The third kappa shape index (κ3) is 3.26. The van der Waals surface area contributed by atoms with Crippen LogP contribution in [0.4, 0.5) is 0 Å². The van der Waals surface area contributed by atoms with E-state index in [4.69, 9.17) is 4.74 Å². The molecule has 0 radical (unpaired) electrons. The van der Waals surface area contributed by atoms with E-state index in [2.05, 4.69) is 43.6 Å². The highest BCUT2D eigenvalue weighted by Crippen LogP contribution is 2.37. The van der Waals surface area contributed by atoms with Crippen molar-refractivity contribution < 1.29 is 4.74 Å². The molecule has 1 N–H and O–H groups in total. The number of benzene rings is 1. The van der Waals surface area contributed by atoms with Gasteiger partial charge in [0.2, 0.25) is 0 Å². The molecular weight excluding hydrogens is 258 g/mol. The summed E-state index contributed by atoms with van der Waals surface area (Å²) in [4.78, 5) is 0. The molecule has 1 aliphatic heterocycles. The zero-order chi connectivity index (χ0) is 14.7. The van der Waals surface area contributed by atoms with Crippen LogP contribution >= 0.6 is 0 Å². The van der Waals surface area contributed by atoms with Crippen LogP contribution in [0.15, 0.2) is 24.3 Å². The molecule has 1 aromatic carbocycles. The van der Waals surface area contributed by atoms with Gasteiger partial charge >= 0.3 is 0 Å². The summed E-state index contributed by atoms with van der Waals surface area (Å²) in [5.74, 6) is 3.48. The molecule has 3 rings (SSSR count). The van der Waals surface area contributed by atoms with Crippen LogP contribution in [0.5, 0.6) is 5.75 Å². The molecule has 2 heteroatoms. The fourth-order valence-corrected chi connectivity index (χ4v) is 4.47. The first-order valence-electron chi connectivity index (χ1n) is 8.69. The number of fused-ring (bicyclic) bond motifs is 1. The van der Waals surface area contributed by atoms with Crippen molar-refractivity contribution in [3.05, 3.63) is 29.8 Å². The summed E-state index contributed by atoms with van der Waals surface area (Å²) in [5.41, 5.74) is 1.39. The molecule has 2 nitrogen and oxygen atoms in total. The average Bonchev–Trinajstić information content (AvgIpc) is 2.56. The molecular formula is C19H29NO. The Kier molecular flexibility index (Phi) is 4.84. The number of hydrogen-bond acceptors (Lipinski definition) is 2. The number of ether oxygens (including phenoxy) is 1. The van der Waals surface area contributed by atoms with Gasteiger partial charge in [0.05, 0.1) is 6.61 Å². The standard InChI is InChI=1S/C19H29NO/c1-3-14-7-6-9-16(11-14)19(20-2)17-12-15-8-4-5-10-18(15)21-13-17/h4-5,8,10,14,16-17,19-20H,3,6-7,9,11-13H2,1-2H3. The van der Waals surface area contributed by atoms with Crippen LogP contribution in [0, 0.1) is 17.8 Å². The highest BCUT2D eigenvalue weighted by Gasteiger charge is 2.34. The molecule has 0 amide bonds. The molecule has 21 heavy (non-hydrogen) atoms. The third-order valence-electron chi connectivity index (χ3n) is 5.66. The van der Waals surface area contributed by atoms with E-state index in [1.54, 1.807) is 0 Å². The third-order valence-corrected chi connectivity index (χ3v) is 5.66. The van der Waals surface area contributed by atoms with Crippen molar-refractivity contribution in [1.29, 1.82) is 0 Å². The molecule has 1 aliphatic carbocycles. The Morgan fingerprint density at radius 2 is 2.10 bits per heavy atom. The van der Waals surface area contributed by atoms with Crippen LogP contribution < -0.4 is 10.1 Å². The second-order valence-corrected chi connectivity index (χ2v) is 6.90. The molecule has 0 aromatic heterocycles. The Morgan fingerprint density at radius 3 is 2.90 bits per heavy atom. The molecule has 0 spiro atoms. The fourth-order valence-electron chi connectivity index (χ4n) is 4.47. The van der Waals surface area contributed by atoms with Gasteiger partial charge in [-0.3, -0.25) is 0 Å². The lowest BCUT2D eigenvalue weighted by atomic mass is 9.72. The summed E-state index contributed by atoms with van der Waals surface area (Å²) in [5, 5.41) is 3.64. The minimum atomic E-state index is 0.604. The van der Waals surface area contributed by atoms with Gasteiger partial charge in [0.25, 0.3) is 0 Å². The summed E-state index contributed by atoms with van der Waals surface area (Å²) >= 11 is 0. The summed E-state index contributed by atoms with van der Waals surface area (Å²) in [6.07, 6.45) is 8.14. The zero-order valence-corrected chi connectivity index (χ0v) is 13.5. The Morgan fingerprint density at radius 1 is 1.24 bits per heavy atom. The van der Waals surface area contributed by atoms with Crippen molar-refractivity contribution in [2.75, 3.05) is 13.7 Å². The van der Waals surface area contributed by atoms with Crippen LogP contribution in [-0.2, 0) is 6.42 Å². The summed E-state index contributed by atoms with van der Waals surface area (Å²) < 4.78 is 6.02. The Bertz CT molecular complexity index is 459. The highest BCUT2D eigenvalue weighted by atomic mass is 16.5. The van der Waals surface area contributed by atoms with E-state index in [0.29, 0.717) is 12.0 Å². The maximum Gasteiger partial charge on any atom is 0.122 e. The van der Waals surface area contributed by atoms with E-state index < -0.39 is 0 Å². The minimum absolute atomic E-state index is 0.604. The van der Waals surface area contributed by atoms with Crippen LogP contribution in [0.3, 0.4) is 0 Å². The summed E-state index contributed by atoms with van der Waals surface area (Å²) in [6.45, 7) is 3.22. The SMILES string of the molecule is CCC1CCCC(C(NC)C2COc3ccccc3C2)C1. The van der Waals surface area contributed by atoms with E-state index in [1.165, 1.54) is 37.7 Å². The average molecular weight is 287 g/mol. The Balaban J connectivity index is 1.69. The number of hydrogen-bond donors (Lipinski definition) is 1. The molecule has 4 unspecified atom stereocenters. The fraction of sp³-hybridized carbons (Fsp3) is 0.684. The second kappa shape index (κ2) is 6.83. The molecule has 1 fully saturated rings. The minimum Gasteiger partial charge on any atom is -0.493 e. The molecule has 1 aromatic rings. The maximum atomic E-state index is 6.02. The second-order valence-electron chi connectivity index (χ2n) is 6.90. The van der Waals surface area contributed by atoms with Crippen LogP contribution in [0.1, 0.15) is 44.6 Å². The van der Waals surface area contributed by atoms with Crippen LogP contribution in [-0.4, -0.2) is 19.7 Å². The van der Waals surface area contributed by atoms with Gasteiger partial charge in [0.1, 0.15) is 5.75 Å². The molecule has 0 bridgehead atoms. The summed E-state index contributed by atoms with van der Waals surface area (Å²) in [6, 6.07) is 9.14. The first kappa shape index (κ1) is 14.9. The van der Waals surface area contributed by atoms with Gasteiger partial charge in [-0.25, -0.2) is 0 Å². The molecule has 0 saturated heterocycles.